The third-order valence-corrected chi connectivity index (χ3v) is 5.20. The van der Waals surface area contributed by atoms with Crippen molar-refractivity contribution < 1.29 is 14.1 Å². The van der Waals surface area contributed by atoms with E-state index in [0.717, 1.165) is 5.56 Å². The molecule has 1 unspecified atom stereocenters. The van der Waals surface area contributed by atoms with E-state index in [1.54, 1.807) is 41.2 Å². The van der Waals surface area contributed by atoms with E-state index >= 15 is 0 Å². The van der Waals surface area contributed by atoms with Gasteiger partial charge in [-0.3, -0.25) is 14.6 Å². The lowest BCUT2D eigenvalue weighted by Gasteiger charge is -2.27. The SMILES string of the molecule is Cc1noc(C2CCN(C(=O)Cc3cccnc3)CCN2C(=O)c2ccccc2)n1. The Morgan fingerprint density at radius 1 is 1.10 bits per heavy atom. The summed E-state index contributed by atoms with van der Waals surface area (Å²) in [5.41, 5.74) is 1.46. The number of pyridine rings is 1. The normalized spacial score (nSPS) is 16.9. The van der Waals surface area contributed by atoms with Gasteiger partial charge in [0.25, 0.3) is 5.91 Å². The van der Waals surface area contributed by atoms with Crippen LogP contribution in [0.4, 0.5) is 0 Å². The fourth-order valence-electron chi connectivity index (χ4n) is 3.66. The molecule has 0 bridgehead atoms. The molecule has 0 radical (unpaired) electrons. The van der Waals surface area contributed by atoms with Crippen molar-refractivity contribution in [3.8, 4) is 0 Å². The van der Waals surface area contributed by atoms with Crippen LogP contribution in [-0.2, 0) is 11.2 Å². The molecule has 2 amide bonds. The number of carbonyl (C=O) groups is 2. The number of aromatic nitrogens is 3. The van der Waals surface area contributed by atoms with Crippen molar-refractivity contribution in [1.82, 2.24) is 24.9 Å². The average molecular weight is 405 g/mol. The van der Waals surface area contributed by atoms with Crippen LogP contribution in [0.25, 0.3) is 0 Å². The molecule has 3 aromatic rings. The zero-order valence-corrected chi connectivity index (χ0v) is 16.8. The smallest absolute Gasteiger partial charge is 0.254 e. The Morgan fingerprint density at radius 2 is 1.93 bits per heavy atom. The standard InChI is InChI=1S/C22H23N5O3/c1-16-24-21(30-25-16)19-9-11-26(20(28)14-17-6-5-10-23-15-17)12-13-27(19)22(29)18-7-3-2-4-8-18/h2-8,10,15,19H,9,11-14H2,1H3. The van der Waals surface area contributed by atoms with Crippen molar-refractivity contribution in [2.24, 2.45) is 0 Å². The monoisotopic (exact) mass is 405 g/mol. The van der Waals surface area contributed by atoms with E-state index in [4.69, 9.17) is 4.52 Å². The second-order valence-corrected chi connectivity index (χ2v) is 7.27. The van der Waals surface area contributed by atoms with Crippen LogP contribution in [0.5, 0.6) is 0 Å². The third-order valence-electron chi connectivity index (χ3n) is 5.20. The molecule has 1 fully saturated rings. The van der Waals surface area contributed by atoms with Gasteiger partial charge >= 0.3 is 0 Å². The average Bonchev–Trinajstić information content (AvgIpc) is 3.08. The number of rotatable bonds is 4. The molecule has 1 saturated heterocycles. The Labute approximate surface area is 174 Å². The molecule has 2 aromatic heterocycles. The van der Waals surface area contributed by atoms with Crippen LogP contribution < -0.4 is 0 Å². The molecule has 3 heterocycles. The van der Waals surface area contributed by atoms with Gasteiger partial charge in [0.2, 0.25) is 11.8 Å². The van der Waals surface area contributed by atoms with Crippen LogP contribution in [-0.4, -0.2) is 56.4 Å². The van der Waals surface area contributed by atoms with E-state index < -0.39 is 0 Å². The number of benzene rings is 1. The van der Waals surface area contributed by atoms with Gasteiger partial charge in [0.05, 0.1) is 6.42 Å². The largest absolute Gasteiger partial charge is 0.341 e. The van der Waals surface area contributed by atoms with E-state index in [-0.39, 0.29) is 24.3 Å². The predicted molar refractivity (Wildman–Crippen MR) is 108 cm³/mol. The van der Waals surface area contributed by atoms with Gasteiger partial charge in [-0.15, -0.1) is 0 Å². The van der Waals surface area contributed by atoms with Crippen LogP contribution in [0.2, 0.25) is 0 Å². The second kappa shape index (κ2) is 8.86. The van der Waals surface area contributed by atoms with Crippen LogP contribution in [0.1, 0.15) is 40.1 Å². The summed E-state index contributed by atoms with van der Waals surface area (Å²) in [5, 5.41) is 3.89. The van der Waals surface area contributed by atoms with Gasteiger partial charge < -0.3 is 14.3 Å². The van der Waals surface area contributed by atoms with Gasteiger partial charge in [0.15, 0.2) is 5.82 Å². The summed E-state index contributed by atoms with van der Waals surface area (Å²) in [6, 6.07) is 12.4. The van der Waals surface area contributed by atoms with Crippen LogP contribution in [0, 0.1) is 6.92 Å². The lowest BCUT2D eigenvalue weighted by atomic mass is 10.1. The molecule has 1 aliphatic heterocycles. The summed E-state index contributed by atoms with van der Waals surface area (Å²) in [6.45, 7) is 3.08. The van der Waals surface area contributed by atoms with E-state index in [1.165, 1.54) is 0 Å². The number of aryl methyl sites for hydroxylation is 1. The minimum Gasteiger partial charge on any atom is -0.341 e. The van der Waals surface area contributed by atoms with E-state index in [2.05, 4.69) is 15.1 Å². The summed E-state index contributed by atoms with van der Waals surface area (Å²) in [6.07, 6.45) is 4.19. The van der Waals surface area contributed by atoms with Crippen molar-refractivity contribution in [3.63, 3.8) is 0 Å². The molecule has 0 aliphatic carbocycles. The highest BCUT2D eigenvalue weighted by molar-refractivity contribution is 5.94. The van der Waals surface area contributed by atoms with Gasteiger partial charge in [-0.25, -0.2) is 0 Å². The molecule has 8 nitrogen and oxygen atoms in total. The zero-order valence-electron chi connectivity index (χ0n) is 16.8. The number of nitrogens with zero attached hydrogens (tertiary/aromatic N) is 5. The molecule has 1 atom stereocenters. The molecule has 1 aromatic carbocycles. The molecular weight excluding hydrogens is 382 g/mol. The predicted octanol–water partition coefficient (Wildman–Crippen LogP) is 2.43. The summed E-state index contributed by atoms with van der Waals surface area (Å²) in [4.78, 5) is 38.1. The quantitative estimate of drug-likeness (QED) is 0.662. The van der Waals surface area contributed by atoms with Crippen molar-refractivity contribution in [1.29, 1.82) is 0 Å². The molecule has 154 valence electrons. The topological polar surface area (TPSA) is 92.4 Å². The van der Waals surface area contributed by atoms with Gasteiger partial charge in [0.1, 0.15) is 6.04 Å². The highest BCUT2D eigenvalue weighted by atomic mass is 16.5. The lowest BCUT2D eigenvalue weighted by Crippen LogP contribution is -2.39. The summed E-state index contributed by atoms with van der Waals surface area (Å²) >= 11 is 0. The summed E-state index contributed by atoms with van der Waals surface area (Å²) < 4.78 is 5.40. The van der Waals surface area contributed by atoms with E-state index in [0.29, 0.717) is 43.3 Å². The third kappa shape index (κ3) is 4.37. The van der Waals surface area contributed by atoms with Crippen LogP contribution in [0.3, 0.4) is 0 Å². The molecule has 1 aliphatic rings. The molecule has 4 rings (SSSR count). The summed E-state index contributed by atoms with van der Waals surface area (Å²) in [7, 11) is 0. The Balaban J connectivity index is 1.55. The van der Waals surface area contributed by atoms with Gasteiger partial charge in [0, 0.05) is 37.6 Å². The van der Waals surface area contributed by atoms with Crippen molar-refractivity contribution in [2.75, 3.05) is 19.6 Å². The fraction of sp³-hybridized carbons (Fsp3) is 0.318. The van der Waals surface area contributed by atoms with E-state index in [9.17, 15) is 9.59 Å². The lowest BCUT2D eigenvalue weighted by molar-refractivity contribution is -0.130. The van der Waals surface area contributed by atoms with Gasteiger partial charge in [-0.2, -0.15) is 4.98 Å². The van der Waals surface area contributed by atoms with Crippen molar-refractivity contribution in [2.45, 2.75) is 25.8 Å². The van der Waals surface area contributed by atoms with Crippen LogP contribution in [0.15, 0.2) is 59.4 Å². The van der Waals surface area contributed by atoms with Crippen molar-refractivity contribution >= 4 is 11.8 Å². The molecule has 0 saturated carbocycles. The number of hydrogen-bond acceptors (Lipinski definition) is 6. The number of amides is 2. The molecule has 0 spiro atoms. The maximum atomic E-state index is 13.2. The summed E-state index contributed by atoms with van der Waals surface area (Å²) in [5.74, 6) is 0.819. The minimum absolute atomic E-state index is 0.0115. The Morgan fingerprint density at radius 3 is 2.63 bits per heavy atom. The Hall–Kier alpha value is -3.55. The van der Waals surface area contributed by atoms with E-state index in [1.807, 2.05) is 30.3 Å². The fourth-order valence-corrected chi connectivity index (χ4v) is 3.66. The first-order valence-corrected chi connectivity index (χ1v) is 9.94. The van der Waals surface area contributed by atoms with Gasteiger partial charge in [-0.1, -0.05) is 29.4 Å². The molecular formula is C22H23N5O3. The maximum Gasteiger partial charge on any atom is 0.254 e. The van der Waals surface area contributed by atoms with Gasteiger partial charge in [-0.05, 0) is 37.1 Å². The number of hydrogen-bond donors (Lipinski definition) is 0. The highest BCUT2D eigenvalue weighted by Gasteiger charge is 2.34. The molecule has 0 N–H and O–H groups in total. The first kappa shape index (κ1) is 19.8. The Kier molecular flexibility index (Phi) is 5.83. The van der Waals surface area contributed by atoms with Crippen molar-refractivity contribution in [3.05, 3.63) is 77.7 Å². The number of carbonyl (C=O) groups excluding carboxylic acids is 2. The zero-order chi connectivity index (χ0) is 20.9. The Bertz CT molecular complexity index is 1010. The van der Waals surface area contributed by atoms with Crippen LogP contribution >= 0.6 is 0 Å². The molecule has 8 heteroatoms. The first-order chi connectivity index (χ1) is 14.6. The highest BCUT2D eigenvalue weighted by Crippen LogP contribution is 2.27. The molecule has 30 heavy (non-hydrogen) atoms. The minimum atomic E-state index is -0.380. The first-order valence-electron chi connectivity index (χ1n) is 9.94. The second-order valence-electron chi connectivity index (χ2n) is 7.27. The maximum absolute atomic E-state index is 13.2.